The molecule has 0 aliphatic carbocycles. The van der Waals surface area contributed by atoms with Crippen molar-refractivity contribution < 1.29 is 4.74 Å². The van der Waals surface area contributed by atoms with Crippen LogP contribution >= 0.6 is 27.5 Å². The Hall–Kier alpha value is -0.250. The molecule has 2 nitrogen and oxygen atoms in total. The zero-order chi connectivity index (χ0) is 11.8. The van der Waals surface area contributed by atoms with E-state index in [9.17, 15) is 0 Å². The summed E-state index contributed by atoms with van der Waals surface area (Å²) in [4.78, 5) is 2.43. The molecule has 92 valence electrons. The predicted molar refractivity (Wildman–Crippen MR) is 73.8 cm³/mol. The van der Waals surface area contributed by atoms with Gasteiger partial charge < -0.3 is 9.64 Å². The van der Waals surface area contributed by atoms with Crippen LogP contribution in [-0.2, 0) is 10.6 Å². The van der Waals surface area contributed by atoms with Gasteiger partial charge >= 0.3 is 0 Å². The molecule has 1 aromatic rings. The number of alkyl halides is 1. The zero-order valence-electron chi connectivity index (χ0n) is 9.53. The molecule has 2 bridgehead atoms. The summed E-state index contributed by atoms with van der Waals surface area (Å²) in [5.74, 6) is 0.551. The fraction of sp³-hybridized carbons (Fsp3) is 0.538. The maximum atomic E-state index is 5.86. The molecule has 0 radical (unpaired) electrons. The van der Waals surface area contributed by atoms with Gasteiger partial charge in [0, 0.05) is 29.1 Å². The Morgan fingerprint density at radius 1 is 1.29 bits per heavy atom. The third-order valence-corrected chi connectivity index (χ3v) is 4.62. The van der Waals surface area contributed by atoms with Crippen LogP contribution in [0.3, 0.4) is 0 Å². The minimum Gasteiger partial charge on any atom is -0.371 e. The summed E-state index contributed by atoms with van der Waals surface area (Å²) in [7, 11) is 0. The number of halogens is 2. The van der Waals surface area contributed by atoms with Crippen molar-refractivity contribution in [1.82, 2.24) is 0 Å². The van der Waals surface area contributed by atoms with E-state index in [1.54, 1.807) is 0 Å². The minimum atomic E-state index is 0.431. The van der Waals surface area contributed by atoms with Crippen LogP contribution in [0.4, 0.5) is 5.69 Å². The van der Waals surface area contributed by atoms with E-state index in [1.165, 1.54) is 18.5 Å². The fourth-order valence-corrected chi connectivity index (χ4v) is 3.57. The van der Waals surface area contributed by atoms with E-state index in [2.05, 4.69) is 39.0 Å². The molecule has 0 saturated carbocycles. The maximum absolute atomic E-state index is 5.86. The normalized spacial score (nSPS) is 27.5. The lowest BCUT2D eigenvalue weighted by Crippen LogP contribution is -2.42. The molecule has 3 rings (SSSR count). The number of fused-ring (bicyclic) bond motifs is 2. The number of morpholine rings is 1. The number of hydrogen-bond donors (Lipinski definition) is 0. The first-order valence-electron chi connectivity index (χ1n) is 6.01. The Morgan fingerprint density at radius 3 is 2.59 bits per heavy atom. The van der Waals surface area contributed by atoms with E-state index in [0.29, 0.717) is 18.1 Å². The van der Waals surface area contributed by atoms with E-state index >= 15 is 0 Å². The lowest BCUT2D eigenvalue weighted by Gasteiger charge is -2.34. The first-order valence-corrected chi connectivity index (χ1v) is 7.34. The molecule has 1 aromatic carbocycles. The third-order valence-electron chi connectivity index (χ3n) is 3.59. The summed E-state index contributed by atoms with van der Waals surface area (Å²) >= 11 is 9.44. The maximum Gasteiger partial charge on any atom is 0.0755 e. The van der Waals surface area contributed by atoms with E-state index < -0.39 is 0 Å². The highest BCUT2D eigenvalue weighted by Crippen LogP contribution is 2.31. The number of benzene rings is 1. The molecular weight excluding hydrogens is 302 g/mol. The lowest BCUT2D eigenvalue weighted by atomic mass is 10.2. The number of ether oxygens (including phenoxy) is 1. The van der Waals surface area contributed by atoms with Crippen molar-refractivity contribution in [2.75, 3.05) is 18.0 Å². The van der Waals surface area contributed by atoms with Crippen molar-refractivity contribution >= 4 is 33.2 Å². The molecule has 2 heterocycles. The van der Waals surface area contributed by atoms with Gasteiger partial charge in [-0.1, -0.05) is 22.0 Å². The smallest absolute Gasteiger partial charge is 0.0755 e. The Kier molecular flexibility index (Phi) is 3.33. The van der Waals surface area contributed by atoms with Gasteiger partial charge in [0.15, 0.2) is 0 Å². The number of anilines is 1. The molecule has 2 atom stereocenters. The van der Waals surface area contributed by atoms with Gasteiger partial charge in [-0.15, -0.1) is 11.6 Å². The summed E-state index contributed by atoms with van der Waals surface area (Å²) in [5.41, 5.74) is 2.41. The van der Waals surface area contributed by atoms with Crippen LogP contribution in [0.5, 0.6) is 0 Å². The van der Waals surface area contributed by atoms with Crippen LogP contribution < -0.4 is 4.90 Å². The molecule has 2 saturated heterocycles. The highest BCUT2D eigenvalue weighted by Gasteiger charge is 2.33. The average Bonchev–Trinajstić information content (AvgIpc) is 2.68. The summed E-state index contributed by atoms with van der Waals surface area (Å²) in [6.45, 7) is 2.03. The minimum absolute atomic E-state index is 0.431. The van der Waals surface area contributed by atoms with Crippen molar-refractivity contribution in [3.8, 4) is 0 Å². The van der Waals surface area contributed by atoms with Crippen molar-refractivity contribution in [2.45, 2.75) is 30.9 Å². The van der Waals surface area contributed by atoms with Crippen molar-refractivity contribution in [2.24, 2.45) is 0 Å². The molecular formula is C13H15BrClNO. The van der Waals surface area contributed by atoms with Crippen LogP contribution in [0.1, 0.15) is 18.4 Å². The van der Waals surface area contributed by atoms with Crippen LogP contribution in [-0.4, -0.2) is 25.3 Å². The first kappa shape index (κ1) is 11.8. The van der Waals surface area contributed by atoms with Crippen molar-refractivity contribution in [3.05, 3.63) is 28.2 Å². The predicted octanol–water partition coefficient (Wildman–Crippen LogP) is 3.56. The van der Waals surface area contributed by atoms with Gasteiger partial charge in [0.05, 0.1) is 12.2 Å². The molecule has 0 N–H and O–H groups in total. The van der Waals surface area contributed by atoms with E-state index in [0.717, 1.165) is 23.1 Å². The standard InChI is InChI=1S/C13H15BrClNO/c14-13-5-10(2-1-9(13)6-15)16-7-11-3-4-12(8-16)17-11/h1-2,5,11-12H,3-4,6-8H2. The molecule has 17 heavy (non-hydrogen) atoms. The van der Waals surface area contributed by atoms with Gasteiger partial charge in [0.25, 0.3) is 0 Å². The number of rotatable bonds is 2. The zero-order valence-corrected chi connectivity index (χ0v) is 11.9. The second-order valence-corrected chi connectivity index (χ2v) is 5.89. The Morgan fingerprint density at radius 2 is 2.00 bits per heavy atom. The molecule has 0 aromatic heterocycles. The molecule has 2 fully saturated rings. The van der Waals surface area contributed by atoms with Crippen molar-refractivity contribution in [1.29, 1.82) is 0 Å². The Bertz CT molecular complexity index is 414. The quantitative estimate of drug-likeness (QED) is 0.774. The largest absolute Gasteiger partial charge is 0.371 e. The van der Waals surface area contributed by atoms with Crippen LogP contribution in [0.2, 0.25) is 0 Å². The summed E-state index contributed by atoms with van der Waals surface area (Å²) < 4.78 is 6.95. The van der Waals surface area contributed by atoms with Gasteiger partial charge in [0.1, 0.15) is 0 Å². The molecule has 0 spiro atoms. The van der Waals surface area contributed by atoms with Gasteiger partial charge in [-0.25, -0.2) is 0 Å². The average molecular weight is 317 g/mol. The monoisotopic (exact) mass is 315 g/mol. The van der Waals surface area contributed by atoms with Gasteiger partial charge in [-0.2, -0.15) is 0 Å². The molecule has 2 unspecified atom stereocenters. The highest BCUT2D eigenvalue weighted by molar-refractivity contribution is 9.10. The van der Waals surface area contributed by atoms with Crippen LogP contribution in [0.25, 0.3) is 0 Å². The highest BCUT2D eigenvalue weighted by atomic mass is 79.9. The Balaban J connectivity index is 1.82. The molecule has 0 amide bonds. The molecule has 4 heteroatoms. The summed E-state index contributed by atoms with van der Waals surface area (Å²) in [6.07, 6.45) is 3.28. The number of hydrogen-bond acceptors (Lipinski definition) is 2. The summed E-state index contributed by atoms with van der Waals surface area (Å²) in [5, 5.41) is 0. The SMILES string of the molecule is ClCc1ccc(N2CC3CCC(C2)O3)cc1Br. The van der Waals surface area contributed by atoms with Gasteiger partial charge in [-0.3, -0.25) is 0 Å². The number of nitrogens with zero attached hydrogens (tertiary/aromatic N) is 1. The fourth-order valence-electron chi connectivity index (χ4n) is 2.67. The second kappa shape index (κ2) is 4.79. The molecule has 2 aliphatic rings. The van der Waals surface area contributed by atoms with Crippen molar-refractivity contribution in [3.63, 3.8) is 0 Å². The second-order valence-electron chi connectivity index (χ2n) is 4.77. The topological polar surface area (TPSA) is 12.5 Å². The molecule has 2 aliphatic heterocycles. The van der Waals surface area contributed by atoms with Gasteiger partial charge in [-0.05, 0) is 30.5 Å². The van der Waals surface area contributed by atoms with E-state index in [1.807, 2.05) is 0 Å². The van der Waals surface area contributed by atoms with E-state index in [-0.39, 0.29) is 0 Å². The summed E-state index contributed by atoms with van der Waals surface area (Å²) in [6, 6.07) is 6.43. The van der Waals surface area contributed by atoms with E-state index in [4.69, 9.17) is 16.3 Å². The van der Waals surface area contributed by atoms with Gasteiger partial charge in [0.2, 0.25) is 0 Å². The first-order chi connectivity index (χ1) is 8.26. The van der Waals surface area contributed by atoms with Crippen LogP contribution in [0, 0.1) is 0 Å². The third kappa shape index (κ3) is 2.33. The van der Waals surface area contributed by atoms with Crippen LogP contribution in [0.15, 0.2) is 22.7 Å². The Labute approximate surface area is 115 Å². The lowest BCUT2D eigenvalue weighted by molar-refractivity contribution is 0.0305.